The van der Waals surface area contributed by atoms with E-state index in [0.717, 1.165) is 17.1 Å². The Kier molecular flexibility index (Phi) is 6.16. The van der Waals surface area contributed by atoms with Crippen LogP contribution in [0.1, 0.15) is 0 Å². The van der Waals surface area contributed by atoms with Crippen molar-refractivity contribution in [3.63, 3.8) is 0 Å². The normalized spacial score (nSPS) is 12.2. The number of hydrogen-bond donors (Lipinski definition) is 0. The highest BCUT2D eigenvalue weighted by Crippen LogP contribution is 2.44. The van der Waals surface area contributed by atoms with E-state index >= 15 is 0 Å². The van der Waals surface area contributed by atoms with E-state index in [-0.39, 0.29) is 0 Å². The van der Waals surface area contributed by atoms with Crippen molar-refractivity contribution >= 4 is 97.7 Å². The van der Waals surface area contributed by atoms with E-state index < -0.39 is 0 Å². The molecule has 0 aliphatic carbocycles. The summed E-state index contributed by atoms with van der Waals surface area (Å²) in [4.78, 5) is 0. The molecular weight excluding hydrogens is 691 g/mol. The molecule has 264 valence electrons. The summed E-state index contributed by atoms with van der Waals surface area (Å²) >= 11 is 0. The Labute approximate surface area is 327 Å². The van der Waals surface area contributed by atoms with Crippen molar-refractivity contribution in [3.05, 3.63) is 200 Å². The minimum Gasteiger partial charge on any atom is -0.309 e. The second-order valence-corrected chi connectivity index (χ2v) is 15.3. The summed E-state index contributed by atoms with van der Waals surface area (Å²) in [5.41, 5.74) is 10.6. The van der Waals surface area contributed by atoms with Crippen LogP contribution in [0.25, 0.3) is 115 Å². The SMILES string of the molecule is c1ccc(-n2c3ccccc3c3c2ccc2c4ccc(-n5c6ccccc6c6ccccc65)cc4n(-c4ccc5c6ccccc6c6ccccc6c5c4)c23)cc1. The maximum Gasteiger partial charge on any atom is 0.0641 e. The Morgan fingerprint density at radius 3 is 1.26 bits per heavy atom. The highest BCUT2D eigenvalue weighted by molar-refractivity contribution is 6.28. The average molecular weight is 724 g/mol. The van der Waals surface area contributed by atoms with Gasteiger partial charge in [0.15, 0.2) is 0 Å². The maximum absolute atomic E-state index is 2.55. The lowest BCUT2D eigenvalue weighted by Gasteiger charge is -2.15. The topological polar surface area (TPSA) is 14.8 Å². The monoisotopic (exact) mass is 723 g/mol. The van der Waals surface area contributed by atoms with Crippen LogP contribution in [0.3, 0.4) is 0 Å². The molecule has 13 aromatic rings. The van der Waals surface area contributed by atoms with Gasteiger partial charge in [0, 0.05) is 49.4 Å². The van der Waals surface area contributed by atoms with Gasteiger partial charge in [-0.25, -0.2) is 0 Å². The molecule has 3 heteroatoms. The molecule has 13 rings (SSSR count). The van der Waals surface area contributed by atoms with Crippen LogP contribution < -0.4 is 0 Å². The van der Waals surface area contributed by atoms with Crippen molar-refractivity contribution < 1.29 is 0 Å². The minimum absolute atomic E-state index is 1.14. The fourth-order valence-electron chi connectivity index (χ4n) is 10.0. The minimum atomic E-state index is 1.14. The standard InChI is InChI=1S/C54H33N3/c1-2-14-34(15-3-1)55-50-25-13-10-22-46(50)53-51(55)31-30-45-44-29-27-36(56-48-23-11-8-20-42(48)43-21-9-12-24-49(43)56)33-52(44)57(54(45)53)35-26-28-41-39-18-5-4-16-37(39)38-17-6-7-19-40(38)47(41)32-35/h1-33H. The lowest BCUT2D eigenvalue weighted by atomic mass is 9.94. The summed E-state index contributed by atoms with van der Waals surface area (Å²) in [5.74, 6) is 0. The molecule has 0 saturated carbocycles. The molecule has 0 saturated heterocycles. The summed E-state index contributed by atoms with van der Waals surface area (Å²) in [6, 6.07) is 73.8. The molecule has 3 aromatic heterocycles. The predicted octanol–water partition coefficient (Wildman–Crippen LogP) is 14.4. The number of benzene rings is 10. The van der Waals surface area contributed by atoms with Gasteiger partial charge in [0.05, 0.1) is 33.1 Å². The molecule has 0 bridgehead atoms. The Morgan fingerprint density at radius 2 is 0.632 bits per heavy atom. The van der Waals surface area contributed by atoms with Crippen molar-refractivity contribution in [1.29, 1.82) is 0 Å². The van der Waals surface area contributed by atoms with E-state index in [1.807, 2.05) is 0 Å². The Morgan fingerprint density at radius 1 is 0.211 bits per heavy atom. The summed E-state index contributed by atoms with van der Waals surface area (Å²) in [6.07, 6.45) is 0. The van der Waals surface area contributed by atoms with Crippen molar-refractivity contribution in [2.24, 2.45) is 0 Å². The van der Waals surface area contributed by atoms with Crippen molar-refractivity contribution in [2.75, 3.05) is 0 Å². The Hall–Kier alpha value is -7.62. The van der Waals surface area contributed by atoms with Crippen molar-refractivity contribution in [2.45, 2.75) is 0 Å². The van der Waals surface area contributed by atoms with Gasteiger partial charge in [0.25, 0.3) is 0 Å². The van der Waals surface area contributed by atoms with Crippen LogP contribution >= 0.6 is 0 Å². The van der Waals surface area contributed by atoms with Gasteiger partial charge in [-0.05, 0) is 93.0 Å². The van der Waals surface area contributed by atoms with Gasteiger partial charge in [-0.2, -0.15) is 0 Å². The third-order valence-corrected chi connectivity index (χ3v) is 12.4. The number of nitrogens with zero attached hydrogens (tertiary/aromatic N) is 3. The number of para-hydroxylation sites is 4. The lowest BCUT2D eigenvalue weighted by Crippen LogP contribution is -1.98. The first kappa shape index (κ1) is 30.7. The number of aromatic nitrogens is 3. The second-order valence-electron chi connectivity index (χ2n) is 15.3. The fourth-order valence-corrected chi connectivity index (χ4v) is 10.0. The van der Waals surface area contributed by atoms with Crippen LogP contribution in [0.2, 0.25) is 0 Å². The van der Waals surface area contributed by atoms with Gasteiger partial charge < -0.3 is 13.7 Å². The first-order chi connectivity index (χ1) is 28.3. The average Bonchev–Trinajstić information content (AvgIpc) is 3.92. The van der Waals surface area contributed by atoms with E-state index in [2.05, 4.69) is 214 Å². The molecule has 3 heterocycles. The molecule has 57 heavy (non-hydrogen) atoms. The largest absolute Gasteiger partial charge is 0.309 e. The Balaban J connectivity index is 1.21. The van der Waals surface area contributed by atoms with E-state index in [1.54, 1.807) is 0 Å². The van der Waals surface area contributed by atoms with E-state index in [4.69, 9.17) is 0 Å². The van der Waals surface area contributed by atoms with Crippen LogP contribution in [-0.2, 0) is 0 Å². The molecule has 0 fully saturated rings. The zero-order valence-corrected chi connectivity index (χ0v) is 30.9. The molecule has 0 atom stereocenters. The summed E-state index contributed by atoms with van der Waals surface area (Å²) in [6.45, 7) is 0. The third-order valence-electron chi connectivity index (χ3n) is 12.4. The van der Waals surface area contributed by atoms with E-state index in [0.29, 0.717) is 0 Å². The molecule has 0 aliphatic heterocycles. The summed E-state index contributed by atoms with van der Waals surface area (Å²) < 4.78 is 7.41. The van der Waals surface area contributed by atoms with Gasteiger partial charge in [-0.15, -0.1) is 0 Å². The van der Waals surface area contributed by atoms with Crippen LogP contribution in [0, 0.1) is 0 Å². The number of rotatable bonds is 3. The Bertz CT molecular complexity index is 3710. The van der Waals surface area contributed by atoms with Crippen molar-refractivity contribution in [3.8, 4) is 17.1 Å². The quantitative estimate of drug-likeness (QED) is 0.161. The van der Waals surface area contributed by atoms with Gasteiger partial charge in [-0.1, -0.05) is 140 Å². The van der Waals surface area contributed by atoms with E-state index in [9.17, 15) is 0 Å². The summed E-state index contributed by atoms with van der Waals surface area (Å²) in [5, 5.41) is 15.1. The molecule has 0 unspecified atom stereocenters. The number of hydrogen-bond acceptors (Lipinski definition) is 0. The van der Waals surface area contributed by atoms with Gasteiger partial charge >= 0.3 is 0 Å². The first-order valence-corrected chi connectivity index (χ1v) is 19.7. The van der Waals surface area contributed by atoms with Crippen LogP contribution in [0.5, 0.6) is 0 Å². The molecule has 3 nitrogen and oxygen atoms in total. The molecule has 10 aromatic carbocycles. The van der Waals surface area contributed by atoms with Gasteiger partial charge in [0.1, 0.15) is 0 Å². The van der Waals surface area contributed by atoms with Crippen LogP contribution in [0.4, 0.5) is 0 Å². The molecule has 0 spiro atoms. The second kappa shape index (κ2) is 11.5. The first-order valence-electron chi connectivity index (χ1n) is 19.7. The highest BCUT2D eigenvalue weighted by atomic mass is 15.0. The van der Waals surface area contributed by atoms with Crippen molar-refractivity contribution in [1.82, 2.24) is 13.7 Å². The van der Waals surface area contributed by atoms with E-state index in [1.165, 1.54) is 97.7 Å². The highest BCUT2D eigenvalue weighted by Gasteiger charge is 2.22. The number of fused-ring (bicyclic) bond motifs is 16. The zero-order valence-electron chi connectivity index (χ0n) is 30.9. The van der Waals surface area contributed by atoms with Gasteiger partial charge in [-0.3, -0.25) is 0 Å². The van der Waals surface area contributed by atoms with Crippen LogP contribution in [0.15, 0.2) is 200 Å². The molecule has 0 amide bonds. The molecular formula is C54H33N3. The zero-order chi connectivity index (χ0) is 37.2. The molecule has 0 radical (unpaired) electrons. The lowest BCUT2D eigenvalue weighted by molar-refractivity contribution is 1.16. The third kappa shape index (κ3) is 4.15. The predicted molar refractivity (Wildman–Crippen MR) is 242 cm³/mol. The maximum atomic E-state index is 2.55. The fraction of sp³-hybridized carbons (Fsp3) is 0. The van der Waals surface area contributed by atoms with Gasteiger partial charge in [0.2, 0.25) is 0 Å². The summed E-state index contributed by atoms with van der Waals surface area (Å²) in [7, 11) is 0. The molecule has 0 N–H and O–H groups in total. The smallest absolute Gasteiger partial charge is 0.0641 e. The molecule has 0 aliphatic rings. The van der Waals surface area contributed by atoms with Crippen LogP contribution in [-0.4, -0.2) is 13.7 Å².